The van der Waals surface area contributed by atoms with Gasteiger partial charge in [-0.3, -0.25) is 0 Å². The van der Waals surface area contributed by atoms with E-state index in [0.29, 0.717) is 22.3 Å². The van der Waals surface area contributed by atoms with Crippen molar-refractivity contribution in [3.05, 3.63) is 89.7 Å². The SMILES string of the molecule is Cc1ccccc1S(=O)(=O)N1[C@H](C#N)[C@@H](c2ccccc2-c2cccc(F)c2)[C@@H]1CO. The Morgan fingerprint density at radius 2 is 1.77 bits per heavy atom. The number of aliphatic hydroxyl groups excluding tert-OH is 1. The van der Waals surface area contributed by atoms with Gasteiger partial charge in [0.05, 0.1) is 23.6 Å². The molecule has 0 amide bonds. The predicted molar refractivity (Wildman–Crippen MR) is 115 cm³/mol. The van der Waals surface area contributed by atoms with Crippen molar-refractivity contribution in [2.45, 2.75) is 29.8 Å². The lowest BCUT2D eigenvalue weighted by molar-refractivity contribution is 0.0559. The standard InChI is InChI=1S/C24H21FN2O3S/c1-16-7-2-5-12-23(16)31(29,30)27-21(14-26)24(22(27)15-28)20-11-4-3-10-19(20)17-8-6-9-18(25)13-17/h2-13,21-22,24,28H,15H2,1H3/t21-,22+,24-/m1/s1. The molecule has 7 heteroatoms. The zero-order valence-corrected chi connectivity index (χ0v) is 17.6. The van der Waals surface area contributed by atoms with E-state index in [1.54, 1.807) is 55.5 Å². The van der Waals surface area contributed by atoms with Crippen molar-refractivity contribution in [3.8, 4) is 17.2 Å². The molecule has 3 atom stereocenters. The lowest BCUT2D eigenvalue weighted by Gasteiger charge is -2.50. The van der Waals surface area contributed by atoms with E-state index < -0.39 is 34.6 Å². The Hall–Kier alpha value is -3.05. The molecule has 1 N–H and O–H groups in total. The first-order valence-corrected chi connectivity index (χ1v) is 11.3. The molecule has 1 heterocycles. The number of aryl methyl sites for hydroxylation is 1. The summed E-state index contributed by atoms with van der Waals surface area (Å²) in [6, 6.07) is 20.2. The summed E-state index contributed by atoms with van der Waals surface area (Å²) >= 11 is 0. The Bertz CT molecular complexity index is 1270. The monoisotopic (exact) mass is 436 g/mol. The Balaban J connectivity index is 1.79. The van der Waals surface area contributed by atoms with Gasteiger partial charge in [0.25, 0.3) is 0 Å². The van der Waals surface area contributed by atoms with Gasteiger partial charge in [0.1, 0.15) is 11.9 Å². The minimum absolute atomic E-state index is 0.116. The molecule has 0 aromatic heterocycles. The molecule has 1 fully saturated rings. The third-order valence-electron chi connectivity index (χ3n) is 5.78. The summed E-state index contributed by atoms with van der Waals surface area (Å²) in [5, 5.41) is 20.0. The largest absolute Gasteiger partial charge is 0.395 e. The third kappa shape index (κ3) is 3.53. The minimum Gasteiger partial charge on any atom is -0.395 e. The van der Waals surface area contributed by atoms with Crippen molar-refractivity contribution in [2.24, 2.45) is 0 Å². The molecule has 0 unspecified atom stereocenters. The van der Waals surface area contributed by atoms with Gasteiger partial charge >= 0.3 is 0 Å². The first kappa shape index (κ1) is 21.2. The molecule has 0 saturated carbocycles. The molecule has 4 rings (SSSR count). The van der Waals surface area contributed by atoms with Crippen LogP contribution in [0.5, 0.6) is 0 Å². The normalized spacial score (nSPS) is 21.3. The van der Waals surface area contributed by atoms with Crippen LogP contribution in [0.4, 0.5) is 4.39 Å². The van der Waals surface area contributed by atoms with Crippen LogP contribution >= 0.6 is 0 Å². The molecule has 1 aliphatic heterocycles. The van der Waals surface area contributed by atoms with Crippen molar-refractivity contribution in [2.75, 3.05) is 6.61 Å². The smallest absolute Gasteiger partial charge is 0.244 e. The zero-order chi connectivity index (χ0) is 22.2. The predicted octanol–water partition coefficient (Wildman–Crippen LogP) is 3.84. The van der Waals surface area contributed by atoms with Crippen molar-refractivity contribution < 1.29 is 17.9 Å². The summed E-state index contributed by atoms with van der Waals surface area (Å²) in [4.78, 5) is 0.116. The maximum Gasteiger partial charge on any atom is 0.244 e. The summed E-state index contributed by atoms with van der Waals surface area (Å²) < 4.78 is 41.7. The first-order valence-electron chi connectivity index (χ1n) is 9.84. The lowest BCUT2D eigenvalue weighted by Crippen LogP contribution is -2.65. The second-order valence-corrected chi connectivity index (χ2v) is 9.36. The molecule has 0 spiro atoms. The highest BCUT2D eigenvalue weighted by molar-refractivity contribution is 7.89. The number of benzene rings is 3. The van der Waals surface area contributed by atoms with Crippen LogP contribution in [0, 0.1) is 24.1 Å². The van der Waals surface area contributed by atoms with E-state index in [4.69, 9.17) is 0 Å². The van der Waals surface area contributed by atoms with E-state index in [0.717, 1.165) is 4.31 Å². The highest BCUT2D eigenvalue weighted by Crippen LogP contribution is 2.46. The van der Waals surface area contributed by atoms with Crippen LogP contribution < -0.4 is 0 Å². The molecule has 5 nitrogen and oxygen atoms in total. The summed E-state index contributed by atoms with van der Waals surface area (Å²) in [5.74, 6) is -0.937. The molecular weight excluding hydrogens is 415 g/mol. The van der Waals surface area contributed by atoms with E-state index in [2.05, 4.69) is 6.07 Å². The van der Waals surface area contributed by atoms with Gasteiger partial charge in [-0.15, -0.1) is 0 Å². The number of sulfonamides is 1. The van der Waals surface area contributed by atoms with Crippen LogP contribution in [-0.4, -0.2) is 36.5 Å². The van der Waals surface area contributed by atoms with Crippen LogP contribution in [0.2, 0.25) is 0 Å². The molecule has 0 bridgehead atoms. The van der Waals surface area contributed by atoms with Crippen molar-refractivity contribution >= 4 is 10.0 Å². The average Bonchev–Trinajstić information content (AvgIpc) is 2.74. The fourth-order valence-corrected chi connectivity index (χ4v) is 6.32. The van der Waals surface area contributed by atoms with Gasteiger partial charge in [-0.1, -0.05) is 54.6 Å². The molecule has 1 aliphatic rings. The number of nitrogens with zero attached hydrogens (tertiary/aromatic N) is 2. The van der Waals surface area contributed by atoms with E-state index in [1.165, 1.54) is 18.2 Å². The number of hydrogen-bond acceptors (Lipinski definition) is 4. The molecule has 3 aromatic carbocycles. The number of aliphatic hydroxyl groups is 1. The van der Waals surface area contributed by atoms with E-state index in [9.17, 15) is 23.2 Å². The molecule has 0 radical (unpaired) electrons. The van der Waals surface area contributed by atoms with Crippen molar-refractivity contribution in [1.29, 1.82) is 5.26 Å². The van der Waals surface area contributed by atoms with Crippen LogP contribution in [0.1, 0.15) is 17.0 Å². The van der Waals surface area contributed by atoms with E-state index in [-0.39, 0.29) is 10.7 Å². The van der Waals surface area contributed by atoms with E-state index in [1.807, 2.05) is 6.07 Å². The van der Waals surface area contributed by atoms with Crippen molar-refractivity contribution in [3.63, 3.8) is 0 Å². The van der Waals surface area contributed by atoms with Gasteiger partial charge in [-0.2, -0.15) is 9.57 Å². The third-order valence-corrected chi connectivity index (χ3v) is 7.85. The molecule has 1 saturated heterocycles. The van der Waals surface area contributed by atoms with Gasteiger partial charge in [-0.25, -0.2) is 12.8 Å². The van der Waals surface area contributed by atoms with Gasteiger partial charge < -0.3 is 5.11 Å². The molecule has 0 aliphatic carbocycles. The summed E-state index contributed by atoms with van der Waals surface area (Å²) in [6.07, 6.45) is 0. The molecule has 3 aromatic rings. The molecule has 31 heavy (non-hydrogen) atoms. The Kier molecular flexibility index (Phi) is 5.63. The van der Waals surface area contributed by atoms with Crippen LogP contribution in [0.25, 0.3) is 11.1 Å². The highest BCUT2D eigenvalue weighted by Gasteiger charge is 2.56. The maximum atomic E-state index is 13.8. The lowest BCUT2D eigenvalue weighted by atomic mass is 9.75. The first-order chi connectivity index (χ1) is 14.9. The number of hydrogen-bond donors (Lipinski definition) is 1. The van der Waals surface area contributed by atoms with Gasteiger partial charge in [0.15, 0.2) is 0 Å². The van der Waals surface area contributed by atoms with Crippen LogP contribution in [-0.2, 0) is 10.0 Å². The maximum absolute atomic E-state index is 13.8. The van der Waals surface area contributed by atoms with Gasteiger partial charge in [0, 0.05) is 5.92 Å². The summed E-state index contributed by atoms with van der Waals surface area (Å²) in [5.41, 5.74) is 2.61. The number of halogens is 1. The Morgan fingerprint density at radius 3 is 2.45 bits per heavy atom. The Labute approximate surface area is 181 Å². The molecule has 158 valence electrons. The van der Waals surface area contributed by atoms with Crippen LogP contribution in [0.3, 0.4) is 0 Å². The summed E-state index contributed by atoms with van der Waals surface area (Å²) in [7, 11) is -3.99. The topological polar surface area (TPSA) is 81.4 Å². The van der Waals surface area contributed by atoms with Gasteiger partial charge in [0.2, 0.25) is 10.0 Å². The van der Waals surface area contributed by atoms with Crippen molar-refractivity contribution in [1.82, 2.24) is 4.31 Å². The number of nitriles is 1. The Morgan fingerprint density at radius 1 is 1.06 bits per heavy atom. The fourth-order valence-electron chi connectivity index (χ4n) is 4.33. The quantitative estimate of drug-likeness (QED) is 0.659. The van der Waals surface area contributed by atoms with Gasteiger partial charge in [-0.05, 0) is 47.4 Å². The fraction of sp³-hybridized carbons (Fsp3) is 0.208. The minimum atomic E-state index is -3.99. The van der Waals surface area contributed by atoms with E-state index >= 15 is 0 Å². The average molecular weight is 437 g/mol. The zero-order valence-electron chi connectivity index (χ0n) is 16.8. The second kappa shape index (κ2) is 8.23. The second-order valence-electron chi connectivity index (χ2n) is 7.55. The highest BCUT2D eigenvalue weighted by atomic mass is 32.2. The molecular formula is C24H21FN2O3S. The summed E-state index contributed by atoms with van der Waals surface area (Å²) in [6.45, 7) is 1.25. The number of rotatable bonds is 5. The van der Waals surface area contributed by atoms with Crippen LogP contribution in [0.15, 0.2) is 77.7 Å².